The quantitative estimate of drug-likeness (QED) is 0.689. The molecule has 13 heavy (non-hydrogen) atoms. The Balaban J connectivity index is 2.19. The van der Waals surface area contributed by atoms with Gasteiger partial charge in [-0.3, -0.25) is 14.4 Å². The maximum Gasteiger partial charge on any atom is 0.438 e. The number of nitrogens with zero attached hydrogens (tertiary/aromatic N) is 2. The van der Waals surface area contributed by atoms with E-state index >= 15 is 0 Å². The maximum absolute atomic E-state index is 10.7. The van der Waals surface area contributed by atoms with Gasteiger partial charge in [0.2, 0.25) is 0 Å². The zero-order valence-electron chi connectivity index (χ0n) is 7.62. The van der Waals surface area contributed by atoms with Gasteiger partial charge < -0.3 is 0 Å². The van der Waals surface area contributed by atoms with Crippen LogP contribution in [-0.2, 0) is 0 Å². The molecule has 5 heteroatoms. The fourth-order valence-electron chi connectivity index (χ4n) is 1.81. The van der Waals surface area contributed by atoms with E-state index in [1.807, 2.05) is 7.05 Å². The Morgan fingerprint density at radius 1 is 1.62 bits per heavy atom. The molecule has 0 aromatic carbocycles. The molecule has 0 saturated carbocycles. The van der Waals surface area contributed by atoms with Crippen LogP contribution in [0.1, 0.15) is 31.1 Å². The Labute approximate surface area is 75.7 Å². The van der Waals surface area contributed by atoms with Gasteiger partial charge in [-0.05, 0) is 26.4 Å². The summed E-state index contributed by atoms with van der Waals surface area (Å²) in [6.07, 6.45) is 3.44. The topological polar surface area (TPSA) is 62.1 Å². The molecule has 1 aromatic heterocycles. The van der Waals surface area contributed by atoms with Crippen LogP contribution in [0.3, 0.4) is 0 Å². The number of aromatic nitrogens is 2. The molecule has 1 aliphatic heterocycles. The van der Waals surface area contributed by atoms with Gasteiger partial charge in [0.15, 0.2) is 5.82 Å². The number of aromatic amines is 1. The van der Waals surface area contributed by atoms with Crippen LogP contribution in [-0.4, -0.2) is 28.6 Å². The molecular weight excluding hydrogens is 170 g/mol. The molecule has 1 saturated heterocycles. The Bertz CT molecular complexity index is 330. The molecule has 0 aliphatic carbocycles. The molecule has 1 unspecified atom stereocenters. The highest BCUT2D eigenvalue weighted by Crippen LogP contribution is 2.26. The average Bonchev–Trinajstić information content (AvgIpc) is 2.53. The molecule has 1 aromatic rings. The Morgan fingerprint density at radius 3 is 3.08 bits per heavy atom. The van der Waals surface area contributed by atoms with Gasteiger partial charge >= 0.3 is 5.76 Å². The van der Waals surface area contributed by atoms with Gasteiger partial charge in [0.1, 0.15) is 0 Å². The van der Waals surface area contributed by atoms with Crippen molar-refractivity contribution in [1.82, 2.24) is 15.0 Å². The molecule has 0 spiro atoms. The van der Waals surface area contributed by atoms with Crippen LogP contribution >= 0.6 is 0 Å². The smallest absolute Gasteiger partial charge is 0.296 e. The largest absolute Gasteiger partial charge is 0.438 e. The van der Waals surface area contributed by atoms with Crippen LogP contribution in [0.2, 0.25) is 0 Å². The molecule has 1 fully saturated rings. The molecule has 2 rings (SSSR count). The van der Waals surface area contributed by atoms with Crippen LogP contribution < -0.4 is 5.76 Å². The summed E-state index contributed by atoms with van der Waals surface area (Å²) in [6.45, 7) is 1.06. The lowest BCUT2D eigenvalue weighted by Crippen LogP contribution is -2.30. The SMILES string of the molecule is CN1CCCCC1c1noc(=O)[nH]1. The molecule has 0 radical (unpaired) electrons. The van der Waals surface area contributed by atoms with Crippen molar-refractivity contribution < 1.29 is 4.52 Å². The molecule has 72 valence electrons. The van der Waals surface area contributed by atoms with E-state index in [0.29, 0.717) is 5.82 Å². The van der Waals surface area contributed by atoms with Gasteiger partial charge in [-0.1, -0.05) is 11.6 Å². The van der Waals surface area contributed by atoms with Crippen molar-refractivity contribution in [2.75, 3.05) is 13.6 Å². The van der Waals surface area contributed by atoms with Crippen molar-refractivity contribution in [3.05, 3.63) is 16.4 Å². The third-order valence-electron chi connectivity index (χ3n) is 2.54. The van der Waals surface area contributed by atoms with E-state index in [1.54, 1.807) is 0 Å². The lowest BCUT2D eigenvalue weighted by Gasteiger charge is -2.29. The summed E-state index contributed by atoms with van der Waals surface area (Å²) in [5.74, 6) is 0.196. The Kier molecular flexibility index (Phi) is 2.18. The second-order valence-electron chi connectivity index (χ2n) is 3.47. The zero-order chi connectivity index (χ0) is 9.26. The number of likely N-dealkylation sites (tertiary alicyclic amines) is 1. The van der Waals surface area contributed by atoms with Gasteiger partial charge in [0.25, 0.3) is 0 Å². The first-order valence-corrected chi connectivity index (χ1v) is 4.53. The van der Waals surface area contributed by atoms with Crippen molar-refractivity contribution in [3.8, 4) is 0 Å². The van der Waals surface area contributed by atoms with E-state index in [4.69, 9.17) is 0 Å². The fourth-order valence-corrected chi connectivity index (χ4v) is 1.81. The third-order valence-corrected chi connectivity index (χ3v) is 2.54. The first kappa shape index (κ1) is 8.50. The van der Waals surface area contributed by atoms with Crippen LogP contribution in [0.15, 0.2) is 9.32 Å². The number of piperidine rings is 1. The third kappa shape index (κ3) is 1.65. The molecule has 1 aliphatic rings. The summed E-state index contributed by atoms with van der Waals surface area (Å²) < 4.78 is 4.48. The van der Waals surface area contributed by atoms with Crippen LogP contribution in [0.25, 0.3) is 0 Å². The molecule has 1 atom stereocenters. The Morgan fingerprint density at radius 2 is 2.46 bits per heavy atom. The summed E-state index contributed by atoms with van der Waals surface area (Å²) in [4.78, 5) is 15.5. The van der Waals surface area contributed by atoms with Crippen LogP contribution in [0.5, 0.6) is 0 Å². The minimum atomic E-state index is -0.464. The normalized spacial score (nSPS) is 24.8. The van der Waals surface area contributed by atoms with E-state index in [9.17, 15) is 4.79 Å². The van der Waals surface area contributed by atoms with Crippen molar-refractivity contribution in [2.24, 2.45) is 0 Å². The lowest BCUT2D eigenvalue weighted by molar-refractivity contribution is 0.176. The van der Waals surface area contributed by atoms with Crippen molar-refractivity contribution in [3.63, 3.8) is 0 Å². The summed E-state index contributed by atoms with van der Waals surface area (Å²) >= 11 is 0. The van der Waals surface area contributed by atoms with E-state index in [0.717, 1.165) is 13.0 Å². The minimum Gasteiger partial charge on any atom is -0.296 e. The second kappa shape index (κ2) is 3.33. The number of hydrogen-bond donors (Lipinski definition) is 1. The van der Waals surface area contributed by atoms with Crippen molar-refractivity contribution >= 4 is 0 Å². The molecule has 2 heterocycles. The molecule has 0 bridgehead atoms. The highest BCUT2D eigenvalue weighted by molar-refractivity contribution is 4.92. The van der Waals surface area contributed by atoms with E-state index in [-0.39, 0.29) is 6.04 Å². The standard InChI is InChI=1S/C8H13N3O2/c1-11-5-3-2-4-6(11)7-9-8(12)13-10-7/h6H,2-5H2,1H3,(H,9,10,12). The van der Waals surface area contributed by atoms with Crippen LogP contribution in [0.4, 0.5) is 0 Å². The molecular formula is C8H13N3O2. The lowest BCUT2D eigenvalue weighted by atomic mass is 10.0. The predicted molar refractivity (Wildman–Crippen MR) is 46.3 cm³/mol. The van der Waals surface area contributed by atoms with Gasteiger partial charge in [-0.25, -0.2) is 4.79 Å². The van der Waals surface area contributed by atoms with Gasteiger partial charge in [0, 0.05) is 0 Å². The zero-order valence-corrected chi connectivity index (χ0v) is 7.62. The van der Waals surface area contributed by atoms with Crippen LogP contribution in [0, 0.1) is 0 Å². The second-order valence-corrected chi connectivity index (χ2v) is 3.47. The maximum atomic E-state index is 10.7. The summed E-state index contributed by atoms with van der Waals surface area (Å²) in [5, 5.41) is 3.71. The van der Waals surface area contributed by atoms with Gasteiger partial charge in [-0.15, -0.1) is 0 Å². The van der Waals surface area contributed by atoms with Crippen molar-refractivity contribution in [1.29, 1.82) is 0 Å². The minimum absolute atomic E-state index is 0.222. The predicted octanol–water partition coefficient (Wildman–Crippen LogP) is 0.520. The molecule has 0 amide bonds. The molecule has 1 N–H and O–H groups in total. The number of rotatable bonds is 1. The highest BCUT2D eigenvalue weighted by Gasteiger charge is 2.23. The number of H-pyrrole nitrogens is 1. The first-order valence-electron chi connectivity index (χ1n) is 4.53. The van der Waals surface area contributed by atoms with Gasteiger partial charge in [0.05, 0.1) is 6.04 Å². The number of nitrogens with one attached hydrogen (secondary N) is 1. The number of hydrogen-bond acceptors (Lipinski definition) is 4. The average molecular weight is 183 g/mol. The highest BCUT2D eigenvalue weighted by atomic mass is 16.5. The first-order chi connectivity index (χ1) is 6.27. The summed E-state index contributed by atoms with van der Waals surface area (Å²) in [5.41, 5.74) is 0. The Hall–Kier alpha value is -1.10. The summed E-state index contributed by atoms with van der Waals surface area (Å²) in [6, 6.07) is 0.222. The monoisotopic (exact) mass is 183 g/mol. The van der Waals surface area contributed by atoms with E-state index in [2.05, 4.69) is 19.6 Å². The van der Waals surface area contributed by atoms with Crippen molar-refractivity contribution in [2.45, 2.75) is 25.3 Å². The van der Waals surface area contributed by atoms with E-state index in [1.165, 1.54) is 12.8 Å². The molecule has 5 nitrogen and oxygen atoms in total. The van der Waals surface area contributed by atoms with Gasteiger partial charge in [-0.2, -0.15) is 0 Å². The van der Waals surface area contributed by atoms with E-state index < -0.39 is 5.76 Å². The fraction of sp³-hybridized carbons (Fsp3) is 0.750. The summed E-state index contributed by atoms with van der Waals surface area (Å²) in [7, 11) is 2.04.